The first kappa shape index (κ1) is 20.8. The number of sulfonamides is 1. The summed E-state index contributed by atoms with van der Waals surface area (Å²) in [6.07, 6.45) is 0.442. The molecule has 0 bridgehead atoms. The lowest BCUT2D eigenvalue weighted by Crippen LogP contribution is -2.18. The summed E-state index contributed by atoms with van der Waals surface area (Å²) < 4.78 is 38.6. The normalized spacial score (nSPS) is 11.8. The van der Waals surface area contributed by atoms with E-state index in [4.69, 9.17) is 5.14 Å². The number of hydrogen-bond donors (Lipinski definition) is 1. The molecule has 2 aromatic carbocycles. The van der Waals surface area contributed by atoms with E-state index in [0.717, 1.165) is 10.2 Å². The first-order valence-electron chi connectivity index (χ1n) is 9.33. The standard InChI is InChI=1S/C21H19FN4O4S/c1-13-20-18(24-26(21(20)28)16-6-4-15(22)5-7-16)12-19(27)25(13)11-10-14-2-8-17(9-3-14)31(23,29)30/h2-9,12,27H,10-11H2,1H3,(H2,23,29,30)/p-1. The van der Waals surface area contributed by atoms with Gasteiger partial charge < -0.3 is 9.67 Å². The Bertz CT molecular complexity index is 1390. The Balaban J connectivity index is 1.67. The number of nitrogens with two attached hydrogens (primary N) is 1. The molecule has 0 unspecified atom stereocenters. The lowest BCUT2D eigenvalue weighted by Gasteiger charge is -2.22. The van der Waals surface area contributed by atoms with Gasteiger partial charge in [0.1, 0.15) is 5.82 Å². The molecule has 2 heterocycles. The van der Waals surface area contributed by atoms with Crippen molar-refractivity contribution in [3.8, 4) is 22.8 Å². The highest BCUT2D eigenvalue weighted by atomic mass is 32.2. The molecule has 0 saturated carbocycles. The molecular formula is C21H18FN4O4S-. The van der Waals surface area contributed by atoms with Gasteiger partial charge >= 0.3 is 0 Å². The number of fused-ring (bicyclic) bond motifs is 1. The molecule has 160 valence electrons. The molecule has 2 aromatic rings. The smallest absolute Gasteiger partial charge is 0.282 e. The van der Waals surface area contributed by atoms with E-state index in [1.165, 1.54) is 47.0 Å². The van der Waals surface area contributed by atoms with Crippen molar-refractivity contribution in [1.29, 1.82) is 0 Å². The average Bonchev–Trinajstić information content (AvgIpc) is 3.04. The summed E-state index contributed by atoms with van der Waals surface area (Å²) in [6, 6.07) is 12.7. The number of nitrogens with zero attached hydrogens (tertiary/aromatic N) is 3. The van der Waals surface area contributed by atoms with E-state index < -0.39 is 21.4 Å². The van der Waals surface area contributed by atoms with Crippen molar-refractivity contribution in [3.05, 3.63) is 82.0 Å². The maximum absolute atomic E-state index is 13.2. The van der Waals surface area contributed by atoms with E-state index in [1.807, 2.05) is 0 Å². The van der Waals surface area contributed by atoms with E-state index in [0.29, 0.717) is 23.4 Å². The quantitative estimate of drug-likeness (QED) is 0.503. The summed E-state index contributed by atoms with van der Waals surface area (Å²) in [4.78, 5) is 12.9. The Morgan fingerprint density at radius 1 is 1.10 bits per heavy atom. The van der Waals surface area contributed by atoms with Crippen LogP contribution in [-0.4, -0.2) is 22.8 Å². The van der Waals surface area contributed by atoms with Crippen LogP contribution in [0.1, 0.15) is 11.3 Å². The van der Waals surface area contributed by atoms with Crippen LogP contribution < -0.4 is 15.8 Å². The van der Waals surface area contributed by atoms with Gasteiger partial charge in [0, 0.05) is 12.2 Å². The maximum Gasteiger partial charge on any atom is 0.282 e. The van der Waals surface area contributed by atoms with Gasteiger partial charge in [-0.3, -0.25) is 4.79 Å². The predicted molar refractivity (Wildman–Crippen MR) is 110 cm³/mol. The molecule has 8 nitrogen and oxygen atoms in total. The number of aromatic nitrogens is 3. The summed E-state index contributed by atoms with van der Waals surface area (Å²) in [7, 11) is -3.77. The molecule has 4 rings (SSSR count). The van der Waals surface area contributed by atoms with Gasteiger partial charge in [-0.15, -0.1) is 0 Å². The molecule has 0 amide bonds. The fourth-order valence-electron chi connectivity index (χ4n) is 3.48. The number of benzene rings is 2. The minimum absolute atomic E-state index is 0.00946. The fourth-order valence-corrected chi connectivity index (χ4v) is 3.99. The zero-order valence-electron chi connectivity index (χ0n) is 16.4. The van der Waals surface area contributed by atoms with Gasteiger partial charge in [0.05, 0.1) is 21.8 Å². The number of rotatable bonds is 5. The molecule has 0 aromatic heterocycles. The molecule has 0 radical (unpaired) electrons. The van der Waals surface area contributed by atoms with Gasteiger partial charge in [-0.25, -0.2) is 17.9 Å². The number of primary sulfonamides is 1. The summed E-state index contributed by atoms with van der Waals surface area (Å²) in [6.45, 7) is 1.96. The third-order valence-corrected chi connectivity index (χ3v) is 6.04. The Hall–Kier alpha value is -3.50. The average molecular weight is 441 g/mol. The van der Waals surface area contributed by atoms with Gasteiger partial charge in [-0.05, 0) is 67.3 Å². The van der Waals surface area contributed by atoms with E-state index >= 15 is 0 Å². The molecule has 10 heteroatoms. The van der Waals surface area contributed by atoms with E-state index in [9.17, 15) is 22.7 Å². The lowest BCUT2D eigenvalue weighted by atomic mass is 10.1. The number of halogens is 1. The number of hydrogen-bond acceptors (Lipinski definition) is 5. The van der Waals surface area contributed by atoms with Crippen molar-refractivity contribution in [2.45, 2.75) is 24.8 Å². The Labute approximate surface area is 177 Å². The zero-order valence-corrected chi connectivity index (χ0v) is 17.3. The molecule has 0 fully saturated rings. The van der Waals surface area contributed by atoms with Gasteiger partial charge in [0.25, 0.3) is 5.56 Å². The van der Waals surface area contributed by atoms with Crippen LogP contribution >= 0.6 is 0 Å². The van der Waals surface area contributed by atoms with Crippen molar-refractivity contribution in [1.82, 2.24) is 14.3 Å². The first-order valence-corrected chi connectivity index (χ1v) is 10.9. The minimum Gasteiger partial charge on any atom is -0.860 e. The Morgan fingerprint density at radius 2 is 1.74 bits per heavy atom. The van der Waals surface area contributed by atoms with Crippen LogP contribution in [-0.2, 0) is 23.0 Å². The SMILES string of the molecule is Cc1c2c(=O)n(-c3ccc(F)cc3)nc-2cc([O-])n1CCc1ccc(S(N)(=O)=O)cc1. The molecule has 0 aliphatic carbocycles. The van der Waals surface area contributed by atoms with E-state index in [2.05, 4.69) is 5.10 Å². The van der Waals surface area contributed by atoms with Crippen molar-refractivity contribution in [2.75, 3.05) is 0 Å². The molecule has 2 aliphatic rings. The van der Waals surface area contributed by atoms with Crippen molar-refractivity contribution >= 4 is 10.0 Å². The van der Waals surface area contributed by atoms with Crippen LogP contribution in [0.5, 0.6) is 5.88 Å². The monoisotopic (exact) mass is 441 g/mol. The Kier molecular flexibility index (Phi) is 5.11. The summed E-state index contributed by atoms with van der Waals surface area (Å²) >= 11 is 0. The van der Waals surface area contributed by atoms with Gasteiger partial charge in [0.2, 0.25) is 10.0 Å². The highest BCUT2D eigenvalue weighted by molar-refractivity contribution is 7.89. The van der Waals surface area contributed by atoms with Crippen molar-refractivity contribution in [2.24, 2.45) is 5.14 Å². The van der Waals surface area contributed by atoms with E-state index in [1.54, 1.807) is 19.1 Å². The molecule has 0 spiro atoms. The van der Waals surface area contributed by atoms with Crippen LogP contribution in [0.15, 0.2) is 64.3 Å². The van der Waals surface area contributed by atoms with Gasteiger partial charge in [-0.1, -0.05) is 12.1 Å². The molecule has 31 heavy (non-hydrogen) atoms. The predicted octanol–water partition coefficient (Wildman–Crippen LogP) is 1.55. The highest BCUT2D eigenvalue weighted by Gasteiger charge is 2.20. The second-order valence-electron chi connectivity index (χ2n) is 7.11. The highest BCUT2D eigenvalue weighted by Crippen LogP contribution is 2.26. The minimum atomic E-state index is -3.77. The second-order valence-corrected chi connectivity index (χ2v) is 8.67. The van der Waals surface area contributed by atoms with Crippen LogP contribution in [0.2, 0.25) is 0 Å². The van der Waals surface area contributed by atoms with Crippen LogP contribution in [0.3, 0.4) is 0 Å². The number of pyridine rings is 1. The summed E-state index contributed by atoms with van der Waals surface area (Å²) in [5, 5.41) is 22.0. The fraction of sp³-hybridized carbons (Fsp3) is 0.143. The molecule has 0 saturated heterocycles. The van der Waals surface area contributed by atoms with Crippen molar-refractivity contribution in [3.63, 3.8) is 0 Å². The van der Waals surface area contributed by atoms with Crippen molar-refractivity contribution < 1.29 is 17.9 Å². The summed E-state index contributed by atoms with van der Waals surface area (Å²) in [5.41, 5.74) is 1.87. The third kappa shape index (κ3) is 3.94. The zero-order chi connectivity index (χ0) is 22.3. The largest absolute Gasteiger partial charge is 0.860 e. The second kappa shape index (κ2) is 7.64. The van der Waals surface area contributed by atoms with Gasteiger partial charge in [0.15, 0.2) is 0 Å². The molecular weight excluding hydrogens is 423 g/mol. The topological polar surface area (TPSA) is 123 Å². The Morgan fingerprint density at radius 3 is 2.35 bits per heavy atom. The first-order chi connectivity index (χ1) is 14.6. The molecule has 2 N–H and O–H groups in total. The number of aryl methyl sites for hydroxylation is 1. The third-order valence-electron chi connectivity index (χ3n) is 5.11. The summed E-state index contributed by atoms with van der Waals surface area (Å²) in [5.74, 6) is -0.740. The van der Waals surface area contributed by atoms with Crippen LogP contribution in [0.25, 0.3) is 16.9 Å². The molecule has 2 aliphatic heterocycles. The maximum atomic E-state index is 13.2. The van der Waals surface area contributed by atoms with Crippen LogP contribution in [0.4, 0.5) is 4.39 Å². The van der Waals surface area contributed by atoms with E-state index in [-0.39, 0.29) is 23.0 Å². The lowest BCUT2D eigenvalue weighted by molar-refractivity contribution is -0.279. The molecule has 0 atom stereocenters. The van der Waals surface area contributed by atoms with Gasteiger partial charge in [-0.2, -0.15) is 9.78 Å². The van der Waals surface area contributed by atoms with Crippen LogP contribution in [0, 0.1) is 12.7 Å².